The van der Waals surface area contributed by atoms with E-state index in [4.69, 9.17) is 12.2 Å². The molecule has 0 spiro atoms. The van der Waals surface area contributed by atoms with Crippen LogP contribution in [0.1, 0.15) is 38.5 Å². The molecule has 2 fully saturated rings. The summed E-state index contributed by atoms with van der Waals surface area (Å²) in [6.45, 7) is 5.35. The largest absolute Gasteiger partial charge is 0.362 e. The molecule has 0 saturated carbocycles. The Bertz CT molecular complexity index is 584. The molecule has 2 heterocycles. The highest BCUT2D eigenvalue weighted by Gasteiger charge is 2.21. The molecule has 2 aliphatic heterocycles. The van der Waals surface area contributed by atoms with E-state index in [0.717, 1.165) is 43.9 Å². The van der Waals surface area contributed by atoms with Gasteiger partial charge in [-0.2, -0.15) is 0 Å². The summed E-state index contributed by atoms with van der Waals surface area (Å²) in [6.07, 6.45) is 6.78. The van der Waals surface area contributed by atoms with Gasteiger partial charge in [0.05, 0.1) is 0 Å². The van der Waals surface area contributed by atoms with Crippen molar-refractivity contribution in [3.8, 4) is 0 Å². The number of carbonyl (C=O) groups excluding carboxylic acids is 1. The number of carbonyl (C=O) groups is 1. The number of rotatable bonds is 6. The van der Waals surface area contributed by atoms with Gasteiger partial charge in [0.1, 0.15) is 0 Å². The van der Waals surface area contributed by atoms with E-state index in [2.05, 4.69) is 15.5 Å². The number of thiocarbonyl (C=S) groups is 1. The summed E-state index contributed by atoms with van der Waals surface area (Å²) in [5, 5.41) is 7.15. The molecule has 136 valence electrons. The van der Waals surface area contributed by atoms with Gasteiger partial charge in [-0.3, -0.25) is 4.79 Å². The van der Waals surface area contributed by atoms with Crippen LogP contribution in [0.2, 0.25) is 0 Å². The molecular formula is C19H28N4OS. The zero-order valence-electron chi connectivity index (χ0n) is 14.8. The summed E-state index contributed by atoms with van der Waals surface area (Å²) in [5.41, 5.74) is 1.91. The number of anilines is 2. The Morgan fingerprint density at radius 2 is 1.80 bits per heavy atom. The topological polar surface area (TPSA) is 47.6 Å². The lowest BCUT2D eigenvalue weighted by Gasteiger charge is -2.26. The zero-order valence-corrected chi connectivity index (χ0v) is 15.6. The zero-order chi connectivity index (χ0) is 17.5. The third-order valence-electron chi connectivity index (χ3n) is 4.90. The van der Waals surface area contributed by atoms with E-state index < -0.39 is 0 Å². The van der Waals surface area contributed by atoms with Crippen LogP contribution in [0.25, 0.3) is 0 Å². The molecule has 5 nitrogen and oxygen atoms in total. The van der Waals surface area contributed by atoms with E-state index >= 15 is 0 Å². The van der Waals surface area contributed by atoms with Crippen LogP contribution in [0.15, 0.2) is 24.3 Å². The maximum atomic E-state index is 11.8. The van der Waals surface area contributed by atoms with Crippen molar-refractivity contribution in [3.63, 3.8) is 0 Å². The SMILES string of the molecule is O=C1CCCN1c1ccc(NC(=S)NCCCN2CCCCC2)cc1. The smallest absolute Gasteiger partial charge is 0.227 e. The molecule has 2 saturated heterocycles. The van der Waals surface area contributed by atoms with Crippen molar-refractivity contribution in [2.75, 3.05) is 42.9 Å². The Labute approximate surface area is 155 Å². The van der Waals surface area contributed by atoms with Gasteiger partial charge < -0.3 is 20.4 Å². The maximum absolute atomic E-state index is 11.8. The van der Waals surface area contributed by atoms with Gasteiger partial charge in [0.15, 0.2) is 5.11 Å². The molecular weight excluding hydrogens is 332 g/mol. The second-order valence-electron chi connectivity index (χ2n) is 6.83. The van der Waals surface area contributed by atoms with Crippen LogP contribution >= 0.6 is 12.2 Å². The standard InChI is InChI=1S/C19H28N4OS/c24-18-6-4-15-23(18)17-9-7-16(8-10-17)21-19(25)20-11-5-14-22-12-2-1-3-13-22/h7-10H,1-6,11-15H2,(H2,20,21,25). The normalized spacial score (nSPS) is 18.4. The van der Waals surface area contributed by atoms with Crippen molar-refractivity contribution in [1.29, 1.82) is 0 Å². The van der Waals surface area contributed by atoms with Gasteiger partial charge in [-0.25, -0.2) is 0 Å². The van der Waals surface area contributed by atoms with Gasteiger partial charge in [-0.05, 0) is 81.8 Å². The summed E-state index contributed by atoms with van der Waals surface area (Å²) < 4.78 is 0. The average Bonchev–Trinajstić information content (AvgIpc) is 3.06. The van der Waals surface area contributed by atoms with E-state index in [1.54, 1.807) is 0 Å². The fourth-order valence-corrected chi connectivity index (χ4v) is 3.73. The molecule has 0 aromatic heterocycles. The van der Waals surface area contributed by atoms with Crippen molar-refractivity contribution >= 4 is 34.6 Å². The summed E-state index contributed by atoms with van der Waals surface area (Å²) in [5.74, 6) is 0.214. The molecule has 0 unspecified atom stereocenters. The lowest BCUT2D eigenvalue weighted by molar-refractivity contribution is -0.117. The molecule has 0 radical (unpaired) electrons. The van der Waals surface area contributed by atoms with Crippen molar-refractivity contribution < 1.29 is 4.79 Å². The van der Waals surface area contributed by atoms with Crippen molar-refractivity contribution in [2.24, 2.45) is 0 Å². The summed E-state index contributed by atoms with van der Waals surface area (Å²) >= 11 is 5.36. The van der Waals surface area contributed by atoms with Gasteiger partial charge in [-0.15, -0.1) is 0 Å². The number of piperidine rings is 1. The van der Waals surface area contributed by atoms with E-state index in [1.165, 1.54) is 32.4 Å². The lowest BCUT2D eigenvalue weighted by Crippen LogP contribution is -2.34. The minimum Gasteiger partial charge on any atom is -0.362 e. The van der Waals surface area contributed by atoms with E-state index in [0.29, 0.717) is 11.5 Å². The Hall–Kier alpha value is -1.66. The highest BCUT2D eigenvalue weighted by atomic mass is 32.1. The van der Waals surface area contributed by atoms with Crippen LogP contribution in [-0.2, 0) is 4.79 Å². The van der Waals surface area contributed by atoms with Crippen LogP contribution in [0.4, 0.5) is 11.4 Å². The van der Waals surface area contributed by atoms with Gasteiger partial charge in [0.25, 0.3) is 0 Å². The lowest BCUT2D eigenvalue weighted by atomic mass is 10.1. The predicted octanol–water partition coefficient (Wildman–Crippen LogP) is 2.98. The quantitative estimate of drug-likeness (QED) is 0.603. The summed E-state index contributed by atoms with van der Waals surface area (Å²) in [6, 6.07) is 7.90. The van der Waals surface area contributed by atoms with Crippen LogP contribution in [0, 0.1) is 0 Å². The van der Waals surface area contributed by atoms with Gasteiger partial charge in [0.2, 0.25) is 5.91 Å². The fraction of sp³-hybridized carbons (Fsp3) is 0.579. The Kier molecular flexibility index (Phi) is 6.64. The molecule has 3 rings (SSSR count). The Balaban J connectivity index is 1.36. The molecule has 0 aliphatic carbocycles. The summed E-state index contributed by atoms with van der Waals surface area (Å²) in [4.78, 5) is 16.2. The molecule has 1 aromatic carbocycles. The van der Waals surface area contributed by atoms with Gasteiger partial charge >= 0.3 is 0 Å². The van der Waals surface area contributed by atoms with Gasteiger partial charge in [0, 0.05) is 30.9 Å². The molecule has 25 heavy (non-hydrogen) atoms. The third kappa shape index (κ3) is 5.41. The van der Waals surface area contributed by atoms with E-state index in [9.17, 15) is 4.79 Å². The number of hydrogen-bond donors (Lipinski definition) is 2. The van der Waals surface area contributed by atoms with Crippen molar-refractivity contribution in [2.45, 2.75) is 38.5 Å². The highest BCUT2D eigenvalue weighted by Crippen LogP contribution is 2.22. The van der Waals surface area contributed by atoms with Crippen LogP contribution in [0.3, 0.4) is 0 Å². The highest BCUT2D eigenvalue weighted by molar-refractivity contribution is 7.80. The average molecular weight is 361 g/mol. The molecule has 2 N–H and O–H groups in total. The number of amides is 1. The first kappa shape index (κ1) is 18.1. The first-order valence-corrected chi connectivity index (χ1v) is 9.81. The Morgan fingerprint density at radius 3 is 2.48 bits per heavy atom. The van der Waals surface area contributed by atoms with Crippen molar-refractivity contribution in [1.82, 2.24) is 10.2 Å². The molecule has 1 amide bonds. The number of hydrogen-bond acceptors (Lipinski definition) is 3. The second kappa shape index (κ2) is 9.15. The van der Waals surface area contributed by atoms with Crippen LogP contribution in [0.5, 0.6) is 0 Å². The first-order chi connectivity index (χ1) is 12.2. The van der Waals surface area contributed by atoms with E-state index in [1.807, 2.05) is 29.2 Å². The fourth-order valence-electron chi connectivity index (χ4n) is 3.51. The third-order valence-corrected chi connectivity index (χ3v) is 5.14. The molecule has 0 bridgehead atoms. The molecule has 6 heteroatoms. The Morgan fingerprint density at radius 1 is 1.04 bits per heavy atom. The predicted molar refractivity (Wildman–Crippen MR) is 107 cm³/mol. The minimum atomic E-state index is 0.214. The second-order valence-corrected chi connectivity index (χ2v) is 7.24. The molecule has 2 aliphatic rings. The number of nitrogens with one attached hydrogen (secondary N) is 2. The summed E-state index contributed by atoms with van der Waals surface area (Å²) in [7, 11) is 0. The number of likely N-dealkylation sites (tertiary alicyclic amines) is 1. The van der Waals surface area contributed by atoms with Crippen LogP contribution < -0.4 is 15.5 Å². The molecule has 1 aromatic rings. The first-order valence-electron chi connectivity index (χ1n) is 9.40. The maximum Gasteiger partial charge on any atom is 0.227 e. The van der Waals surface area contributed by atoms with E-state index in [-0.39, 0.29) is 5.91 Å². The minimum absolute atomic E-state index is 0.214. The molecule has 0 atom stereocenters. The van der Waals surface area contributed by atoms with Crippen LogP contribution in [-0.4, -0.2) is 48.6 Å². The van der Waals surface area contributed by atoms with Gasteiger partial charge in [-0.1, -0.05) is 6.42 Å². The van der Waals surface area contributed by atoms with Crippen molar-refractivity contribution in [3.05, 3.63) is 24.3 Å². The monoisotopic (exact) mass is 360 g/mol. The number of nitrogens with zero attached hydrogens (tertiary/aromatic N) is 2. The number of benzene rings is 1.